The second-order valence-electron chi connectivity index (χ2n) is 6.72. The molecule has 0 radical (unpaired) electrons. The predicted molar refractivity (Wildman–Crippen MR) is 77.7 cm³/mol. The van der Waals surface area contributed by atoms with Crippen molar-refractivity contribution in [2.24, 2.45) is 0 Å². The van der Waals surface area contributed by atoms with Gasteiger partial charge in [0.05, 0.1) is 11.7 Å². The van der Waals surface area contributed by atoms with Gasteiger partial charge in [-0.05, 0) is 33.6 Å². The van der Waals surface area contributed by atoms with Gasteiger partial charge < -0.3 is 14.4 Å². The molecular weight excluding hydrogens is 256 g/mol. The van der Waals surface area contributed by atoms with Crippen LogP contribution in [0.25, 0.3) is 0 Å². The second-order valence-corrected chi connectivity index (χ2v) is 6.72. The molecule has 0 aromatic rings. The molecule has 5 heteroatoms. The average Bonchev–Trinajstić information content (AvgIpc) is 2.89. The summed E-state index contributed by atoms with van der Waals surface area (Å²) in [6, 6.07) is 0. The Hall–Kier alpha value is -0.650. The van der Waals surface area contributed by atoms with Crippen LogP contribution in [0.3, 0.4) is 0 Å². The Morgan fingerprint density at radius 3 is 2.50 bits per heavy atom. The minimum atomic E-state index is -0.253. The van der Waals surface area contributed by atoms with Crippen molar-refractivity contribution in [2.45, 2.75) is 45.3 Å². The Kier molecular flexibility index (Phi) is 5.41. The van der Waals surface area contributed by atoms with Gasteiger partial charge in [0.25, 0.3) is 0 Å². The highest BCUT2D eigenvalue weighted by molar-refractivity contribution is 5.77. The number of nitrogens with zero attached hydrogens (tertiary/aromatic N) is 2. The lowest BCUT2D eigenvalue weighted by Crippen LogP contribution is -2.51. The zero-order chi connectivity index (χ0) is 14.6. The summed E-state index contributed by atoms with van der Waals surface area (Å²) in [6.07, 6.45) is 2.77. The standard InChI is InChI=1S/C15H28N2O3/c1-15(2,3)20-12-14(18)17-8-6-16(7-9-17)11-13-5-4-10-19-13/h13H,4-12H2,1-3H3. The van der Waals surface area contributed by atoms with E-state index in [2.05, 4.69) is 4.90 Å². The van der Waals surface area contributed by atoms with Gasteiger partial charge in [0.15, 0.2) is 0 Å². The molecule has 0 aliphatic carbocycles. The van der Waals surface area contributed by atoms with Gasteiger partial charge in [-0.15, -0.1) is 0 Å². The monoisotopic (exact) mass is 284 g/mol. The van der Waals surface area contributed by atoms with Crippen LogP contribution in [0, 0.1) is 0 Å². The summed E-state index contributed by atoms with van der Waals surface area (Å²) in [5.74, 6) is 0.108. The Labute approximate surface area is 122 Å². The fourth-order valence-electron chi connectivity index (χ4n) is 2.63. The first-order chi connectivity index (χ1) is 9.44. The van der Waals surface area contributed by atoms with Gasteiger partial charge in [0.2, 0.25) is 5.91 Å². The molecule has 2 saturated heterocycles. The topological polar surface area (TPSA) is 42.0 Å². The highest BCUT2D eigenvalue weighted by Gasteiger charge is 2.25. The number of amides is 1. The molecule has 116 valence electrons. The van der Waals surface area contributed by atoms with E-state index in [-0.39, 0.29) is 18.1 Å². The number of hydrogen-bond acceptors (Lipinski definition) is 4. The second kappa shape index (κ2) is 6.87. The van der Waals surface area contributed by atoms with Gasteiger partial charge in [-0.3, -0.25) is 9.69 Å². The minimum Gasteiger partial charge on any atom is -0.377 e. The summed E-state index contributed by atoms with van der Waals surface area (Å²) >= 11 is 0. The van der Waals surface area contributed by atoms with Gasteiger partial charge in [-0.2, -0.15) is 0 Å². The molecule has 0 aromatic heterocycles. The number of ether oxygens (including phenoxy) is 2. The lowest BCUT2D eigenvalue weighted by molar-refractivity contribution is -0.142. The zero-order valence-electron chi connectivity index (χ0n) is 13.1. The van der Waals surface area contributed by atoms with Crippen molar-refractivity contribution in [3.05, 3.63) is 0 Å². The lowest BCUT2D eigenvalue weighted by atomic mass is 10.2. The lowest BCUT2D eigenvalue weighted by Gasteiger charge is -2.36. The van der Waals surface area contributed by atoms with Gasteiger partial charge >= 0.3 is 0 Å². The van der Waals surface area contributed by atoms with Gasteiger partial charge in [0, 0.05) is 39.3 Å². The van der Waals surface area contributed by atoms with Crippen molar-refractivity contribution in [2.75, 3.05) is 45.9 Å². The van der Waals surface area contributed by atoms with E-state index in [1.54, 1.807) is 0 Å². The van der Waals surface area contributed by atoms with E-state index >= 15 is 0 Å². The van der Waals surface area contributed by atoms with E-state index in [0.717, 1.165) is 39.3 Å². The summed E-state index contributed by atoms with van der Waals surface area (Å²) in [7, 11) is 0. The van der Waals surface area contributed by atoms with Crippen LogP contribution in [-0.2, 0) is 14.3 Å². The number of rotatable bonds is 4. The van der Waals surface area contributed by atoms with Gasteiger partial charge in [-0.1, -0.05) is 0 Å². The van der Waals surface area contributed by atoms with Crippen LogP contribution in [0.1, 0.15) is 33.6 Å². The third-order valence-corrected chi connectivity index (χ3v) is 3.84. The van der Waals surface area contributed by atoms with Crippen LogP contribution in [0.5, 0.6) is 0 Å². The third-order valence-electron chi connectivity index (χ3n) is 3.84. The SMILES string of the molecule is CC(C)(C)OCC(=O)N1CCN(CC2CCCO2)CC1. The van der Waals surface area contributed by atoms with Gasteiger partial charge in [-0.25, -0.2) is 0 Å². The van der Waals surface area contributed by atoms with E-state index in [1.165, 1.54) is 12.8 Å². The Morgan fingerprint density at radius 2 is 1.95 bits per heavy atom. The smallest absolute Gasteiger partial charge is 0.248 e. The van der Waals surface area contributed by atoms with Crippen molar-refractivity contribution < 1.29 is 14.3 Å². The van der Waals surface area contributed by atoms with Crippen LogP contribution in [0.4, 0.5) is 0 Å². The van der Waals surface area contributed by atoms with Crippen LogP contribution in [0.15, 0.2) is 0 Å². The Balaban J connectivity index is 1.66. The summed E-state index contributed by atoms with van der Waals surface area (Å²) in [5, 5.41) is 0. The van der Waals surface area contributed by atoms with Crippen molar-refractivity contribution in [1.29, 1.82) is 0 Å². The average molecular weight is 284 g/mol. The quantitative estimate of drug-likeness (QED) is 0.776. The maximum atomic E-state index is 12.1. The molecule has 2 rings (SSSR count). The number of carbonyl (C=O) groups excluding carboxylic acids is 1. The minimum absolute atomic E-state index is 0.108. The molecule has 2 aliphatic rings. The van der Waals surface area contributed by atoms with E-state index in [1.807, 2.05) is 25.7 Å². The molecule has 1 unspecified atom stereocenters. The highest BCUT2D eigenvalue weighted by atomic mass is 16.5. The molecule has 2 fully saturated rings. The zero-order valence-corrected chi connectivity index (χ0v) is 13.1. The predicted octanol–water partition coefficient (Wildman–Crippen LogP) is 1.12. The fourth-order valence-corrected chi connectivity index (χ4v) is 2.63. The summed E-state index contributed by atoms with van der Waals surface area (Å²) in [6.45, 7) is 11.5. The first-order valence-electron chi connectivity index (χ1n) is 7.70. The first-order valence-corrected chi connectivity index (χ1v) is 7.70. The molecule has 0 saturated carbocycles. The summed E-state index contributed by atoms with van der Waals surface area (Å²) < 4.78 is 11.2. The molecular formula is C15H28N2O3. The number of hydrogen-bond donors (Lipinski definition) is 0. The van der Waals surface area contributed by atoms with Crippen molar-refractivity contribution in [3.63, 3.8) is 0 Å². The number of piperazine rings is 1. The van der Waals surface area contributed by atoms with Crippen LogP contribution >= 0.6 is 0 Å². The van der Waals surface area contributed by atoms with E-state index in [9.17, 15) is 4.79 Å². The molecule has 2 aliphatic heterocycles. The molecule has 5 nitrogen and oxygen atoms in total. The highest BCUT2D eigenvalue weighted by Crippen LogP contribution is 2.14. The number of carbonyl (C=O) groups is 1. The molecule has 0 bridgehead atoms. The summed E-state index contributed by atoms with van der Waals surface area (Å²) in [5.41, 5.74) is -0.253. The fraction of sp³-hybridized carbons (Fsp3) is 0.933. The van der Waals surface area contributed by atoms with Crippen molar-refractivity contribution >= 4 is 5.91 Å². The first kappa shape index (κ1) is 15.7. The molecule has 1 atom stereocenters. The maximum Gasteiger partial charge on any atom is 0.248 e. The van der Waals surface area contributed by atoms with E-state index in [0.29, 0.717) is 6.10 Å². The molecule has 0 spiro atoms. The normalized spacial score (nSPS) is 25.1. The van der Waals surface area contributed by atoms with E-state index in [4.69, 9.17) is 9.47 Å². The molecule has 2 heterocycles. The van der Waals surface area contributed by atoms with Crippen molar-refractivity contribution in [3.8, 4) is 0 Å². The Bertz CT molecular complexity index is 314. The molecule has 1 amide bonds. The van der Waals surface area contributed by atoms with Crippen LogP contribution in [0.2, 0.25) is 0 Å². The van der Waals surface area contributed by atoms with Gasteiger partial charge in [0.1, 0.15) is 6.61 Å². The maximum absolute atomic E-state index is 12.1. The Morgan fingerprint density at radius 1 is 1.25 bits per heavy atom. The van der Waals surface area contributed by atoms with Crippen LogP contribution < -0.4 is 0 Å². The third kappa shape index (κ3) is 5.04. The molecule has 0 aromatic carbocycles. The van der Waals surface area contributed by atoms with Crippen molar-refractivity contribution in [1.82, 2.24) is 9.80 Å². The molecule has 20 heavy (non-hydrogen) atoms. The van der Waals surface area contributed by atoms with E-state index < -0.39 is 0 Å². The largest absolute Gasteiger partial charge is 0.377 e. The molecule has 0 N–H and O–H groups in total. The van der Waals surface area contributed by atoms with Crippen LogP contribution in [-0.4, -0.2) is 73.3 Å². The summed E-state index contributed by atoms with van der Waals surface area (Å²) in [4.78, 5) is 16.4.